The summed E-state index contributed by atoms with van der Waals surface area (Å²) in [6.07, 6.45) is 1.64. The Hall–Kier alpha value is -3.78. The molecular weight excluding hydrogens is 400 g/mol. The number of hydrogen-bond acceptors (Lipinski definition) is 6. The molecule has 0 bridgehead atoms. The molecule has 4 rings (SSSR count). The van der Waals surface area contributed by atoms with E-state index >= 15 is 0 Å². The lowest BCUT2D eigenvalue weighted by atomic mass is 10.2. The van der Waals surface area contributed by atoms with Gasteiger partial charge in [-0.1, -0.05) is 30.4 Å². The van der Waals surface area contributed by atoms with Gasteiger partial charge in [0.25, 0.3) is 5.69 Å². The molecule has 0 fully saturated rings. The van der Waals surface area contributed by atoms with Gasteiger partial charge in [-0.25, -0.2) is 4.68 Å². The molecule has 0 aliphatic heterocycles. The molecule has 2 heterocycles. The first-order valence-corrected chi connectivity index (χ1v) is 10.0. The van der Waals surface area contributed by atoms with Crippen LogP contribution in [0.25, 0.3) is 22.4 Å². The van der Waals surface area contributed by atoms with Crippen LogP contribution in [0, 0.1) is 10.1 Å². The summed E-state index contributed by atoms with van der Waals surface area (Å²) in [7, 11) is 0. The molecule has 2 aromatic heterocycles. The zero-order valence-corrected chi connectivity index (χ0v) is 17.0. The molecule has 0 spiro atoms. The Labute approximate surface area is 176 Å². The van der Waals surface area contributed by atoms with Crippen molar-refractivity contribution < 1.29 is 9.34 Å². The third-order valence-corrected chi connectivity index (χ3v) is 5.13. The minimum atomic E-state index is -0.428. The van der Waals surface area contributed by atoms with Gasteiger partial charge in [0.05, 0.1) is 17.7 Å². The van der Waals surface area contributed by atoms with Crippen molar-refractivity contribution in [2.24, 2.45) is 10.1 Å². The van der Waals surface area contributed by atoms with E-state index in [2.05, 4.69) is 16.7 Å². The molecule has 0 atom stereocenters. The Kier molecular flexibility index (Phi) is 5.40. The molecule has 0 saturated heterocycles. The van der Waals surface area contributed by atoms with Crippen molar-refractivity contribution >= 4 is 34.2 Å². The second-order valence-electron chi connectivity index (χ2n) is 6.73. The van der Waals surface area contributed by atoms with Gasteiger partial charge in [-0.2, -0.15) is 5.10 Å². The predicted octanol–water partition coefficient (Wildman–Crippen LogP) is 5.23. The summed E-state index contributed by atoms with van der Waals surface area (Å²) in [5.41, 5.74) is 3.29. The maximum Gasteiger partial charge on any atom is 0.269 e. The van der Waals surface area contributed by atoms with Gasteiger partial charge in [0.1, 0.15) is 11.3 Å². The van der Waals surface area contributed by atoms with E-state index in [1.54, 1.807) is 23.0 Å². The summed E-state index contributed by atoms with van der Waals surface area (Å²) < 4.78 is 7.72. The molecule has 2 aromatic carbocycles. The number of furan rings is 1. The van der Waals surface area contributed by atoms with E-state index in [0.717, 1.165) is 27.8 Å². The average molecular weight is 418 g/mol. The monoisotopic (exact) mass is 418 g/mol. The van der Waals surface area contributed by atoms with Gasteiger partial charge in [-0.15, -0.1) is 11.3 Å². The number of rotatable bonds is 6. The van der Waals surface area contributed by atoms with Crippen LogP contribution in [0.4, 0.5) is 5.69 Å². The SMILES string of the molecule is C=C(C)CN=c1scc(-c2cc3ccccc3o2)n1N=Cc1ccc([N+](=O)[O-])cc1. The number of non-ortho nitro benzene ring substituents is 1. The molecule has 150 valence electrons. The molecule has 0 aliphatic carbocycles. The van der Waals surface area contributed by atoms with E-state index in [1.165, 1.54) is 23.5 Å². The van der Waals surface area contributed by atoms with Gasteiger partial charge in [0, 0.05) is 22.9 Å². The van der Waals surface area contributed by atoms with Crippen LogP contribution < -0.4 is 4.80 Å². The van der Waals surface area contributed by atoms with E-state index in [1.807, 2.05) is 42.6 Å². The van der Waals surface area contributed by atoms with E-state index in [4.69, 9.17) is 4.42 Å². The van der Waals surface area contributed by atoms with Gasteiger partial charge in [-0.3, -0.25) is 15.1 Å². The number of para-hydroxylation sites is 1. The molecule has 7 nitrogen and oxygen atoms in total. The van der Waals surface area contributed by atoms with Crippen molar-refractivity contribution in [3.8, 4) is 11.5 Å². The van der Waals surface area contributed by atoms with Crippen LogP contribution in [0.3, 0.4) is 0 Å². The number of hydrogen-bond donors (Lipinski definition) is 0. The number of thiazole rings is 1. The standard InChI is InChI=1S/C22H18N4O3S/c1-15(2)12-23-22-25(24-13-16-7-9-18(10-8-16)26(27)28)19(14-30-22)21-11-17-5-3-4-6-20(17)29-21/h3-11,13-14H,1,12H2,2H3. The number of fused-ring (bicyclic) bond motifs is 1. The highest BCUT2D eigenvalue weighted by atomic mass is 32.1. The molecule has 0 saturated carbocycles. The van der Waals surface area contributed by atoms with Crippen molar-refractivity contribution in [2.75, 3.05) is 6.54 Å². The van der Waals surface area contributed by atoms with Crippen molar-refractivity contribution in [3.05, 3.63) is 92.6 Å². The minimum absolute atomic E-state index is 0.0375. The van der Waals surface area contributed by atoms with Crippen molar-refractivity contribution in [1.82, 2.24) is 4.68 Å². The smallest absolute Gasteiger partial charge is 0.269 e. The summed E-state index contributed by atoms with van der Waals surface area (Å²) >= 11 is 1.46. The van der Waals surface area contributed by atoms with Crippen LogP contribution >= 0.6 is 11.3 Å². The van der Waals surface area contributed by atoms with E-state index in [9.17, 15) is 10.1 Å². The van der Waals surface area contributed by atoms with Crippen molar-refractivity contribution in [3.63, 3.8) is 0 Å². The Morgan fingerprint density at radius 1 is 1.27 bits per heavy atom. The zero-order valence-electron chi connectivity index (χ0n) is 16.2. The first kappa shape index (κ1) is 19.5. The molecule has 0 radical (unpaired) electrons. The number of nitro benzene ring substituents is 1. The summed E-state index contributed by atoms with van der Waals surface area (Å²) in [6.45, 7) is 6.31. The first-order valence-electron chi connectivity index (χ1n) is 9.14. The van der Waals surface area contributed by atoms with Crippen LogP contribution in [0.5, 0.6) is 0 Å². The Morgan fingerprint density at radius 2 is 2.03 bits per heavy atom. The Bertz CT molecular complexity index is 1290. The van der Waals surface area contributed by atoms with E-state index in [-0.39, 0.29) is 5.69 Å². The van der Waals surface area contributed by atoms with Gasteiger partial charge in [0.15, 0.2) is 5.76 Å². The summed E-state index contributed by atoms with van der Waals surface area (Å²) in [6, 6.07) is 16.0. The van der Waals surface area contributed by atoms with Gasteiger partial charge >= 0.3 is 0 Å². The predicted molar refractivity (Wildman–Crippen MR) is 119 cm³/mol. The molecule has 30 heavy (non-hydrogen) atoms. The summed E-state index contributed by atoms with van der Waals surface area (Å²) in [4.78, 5) is 15.7. The average Bonchev–Trinajstić information content (AvgIpc) is 3.34. The summed E-state index contributed by atoms with van der Waals surface area (Å²) in [5, 5.41) is 18.4. The third-order valence-electron chi connectivity index (χ3n) is 4.27. The number of aromatic nitrogens is 1. The van der Waals surface area contributed by atoms with Gasteiger partial charge < -0.3 is 4.42 Å². The highest BCUT2D eigenvalue weighted by Gasteiger charge is 2.13. The van der Waals surface area contributed by atoms with Crippen LogP contribution in [-0.2, 0) is 0 Å². The van der Waals surface area contributed by atoms with Crippen LogP contribution in [0.1, 0.15) is 12.5 Å². The second-order valence-corrected chi connectivity index (χ2v) is 7.57. The number of benzene rings is 2. The lowest BCUT2D eigenvalue weighted by Gasteiger charge is -2.01. The van der Waals surface area contributed by atoms with Crippen LogP contribution in [-0.4, -0.2) is 22.4 Å². The number of nitro groups is 1. The minimum Gasteiger partial charge on any atom is -0.454 e. The van der Waals surface area contributed by atoms with E-state index < -0.39 is 4.92 Å². The largest absolute Gasteiger partial charge is 0.454 e. The summed E-state index contributed by atoms with van der Waals surface area (Å²) in [5.74, 6) is 0.685. The van der Waals surface area contributed by atoms with Crippen LogP contribution in [0.15, 0.2) is 86.6 Å². The number of nitrogens with zero attached hydrogens (tertiary/aromatic N) is 4. The highest BCUT2D eigenvalue weighted by molar-refractivity contribution is 7.07. The fourth-order valence-electron chi connectivity index (χ4n) is 2.81. The lowest BCUT2D eigenvalue weighted by molar-refractivity contribution is -0.384. The Morgan fingerprint density at radius 3 is 2.73 bits per heavy atom. The fraction of sp³-hybridized carbons (Fsp3) is 0.0909. The zero-order chi connectivity index (χ0) is 21.1. The van der Waals surface area contributed by atoms with Gasteiger partial charge in [-0.05, 0) is 36.8 Å². The quantitative estimate of drug-likeness (QED) is 0.186. The fourth-order valence-corrected chi connectivity index (χ4v) is 3.62. The van der Waals surface area contributed by atoms with E-state index in [0.29, 0.717) is 17.1 Å². The maximum atomic E-state index is 10.8. The third kappa shape index (κ3) is 4.13. The molecule has 0 unspecified atom stereocenters. The van der Waals surface area contributed by atoms with Crippen molar-refractivity contribution in [1.29, 1.82) is 0 Å². The van der Waals surface area contributed by atoms with Crippen LogP contribution in [0.2, 0.25) is 0 Å². The molecular formula is C22H18N4O3S. The van der Waals surface area contributed by atoms with Crippen molar-refractivity contribution in [2.45, 2.75) is 6.92 Å². The lowest BCUT2D eigenvalue weighted by Crippen LogP contribution is -2.12. The maximum absolute atomic E-state index is 10.8. The first-order chi connectivity index (χ1) is 14.5. The topological polar surface area (TPSA) is 85.9 Å². The normalized spacial score (nSPS) is 12.1. The molecule has 4 aromatic rings. The van der Waals surface area contributed by atoms with Gasteiger partial charge in [0.2, 0.25) is 4.80 Å². The Balaban J connectivity index is 1.77. The molecule has 0 aliphatic rings. The molecule has 8 heteroatoms. The highest BCUT2D eigenvalue weighted by Crippen LogP contribution is 2.28. The molecule has 0 N–H and O–H groups in total. The molecule has 0 amide bonds. The second kappa shape index (κ2) is 8.30.